The van der Waals surface area contributed by atoms with Gasteiger partial charge < -0.3 is 5.11 Å². The number of nitrogens with zero attached hydrogens (tertiary/aromatic N) is 1. The van der Waals surface area contributed by atoms with Crippen molar-refractivity contribution in [3.05, 3.63) is 52.2 Å². The highest BCUT2D eigenvalue weighted by atomic mass is 19.1. The molecular formula is C10H6FNO3. The van der Waals surface area contributed by atoms with Crippen LogP contribution in [0.5, 0.6) is 0 Å². The van der Waals surface area contributed by atoms with Crippen molar-refractivity contribution in [3.63, 3.8) is 0 Å². The molecule has 2 heterocycles. The second-order valence-electron chi connectivity index (χ2n) is 2.97. The molecule has 4 nitrogen and oxygen atoms in total. The normalized spacial score (nSPS) is 10.5. The summed E-state index contributed by atoms with van der Waals surface area (Å²) < 4.78 is 14.3. The highest BCUT2D eigenvalue weighted by Gasteiger charge is 2.12. The molecule has 0 radical (unpaired) electrons. The Balaban J connectivity index is 3.03. The fraction of sp³-hybridized carbons (Fsp3) is 0. The third-order valence-electron chi connectivity index (χ3n) is 2.06. The first-order valence-electron chi connectivity index (χ1n) is 4.14. The molecule has 1 N–H and O–H groups in total. The third kappa shape index (κ3) is 1.38. The Morgan fingerprint density at radius 1 is 1.33 bits per heavy atom. The van der Waals surface area contributed by atoms with Gasteiger partial charge in [0.15, 0.2) is 0 Å². The van der Waals surface area contributed by atoms with Crippen LogP contribution >= 0.6 is 0 Å². The van der Waals surface area contributed by atoms with E-state index >= 15 is 0 Å². The van der Waals surface area contributed by atoms with Gasteiger partial charge in [0, 0.05) is 12.3 Å². The summed E-state index contributed by atoms with van der Waals surface area (Å²) in [4.78, 5) is 22.1. The van der Waals surface area contributed by atoms with Gasteiger partial charge in [-0.1, -0.05) is 0 Å². The van der Waals surface area contributed by atoms with E-state index in [0.717, 1.165) is 22.6 Å². The van der Waals surface area contributed by atoms with Crippen molar-refractivity contribution in [2.45, 2.75) is 0 Å². The average molecular weight is 207 g/mol. The summed E-state index contributed by atoms with van der Waals surface area (Å²) in [6.07, 6.45) is 1.33. The molecule has 5 heteroatoms. The Morgan fingerprint density at radius 2 is 2.07 bits per heavy atom. The van der Waals surface area contributed by atoms with E-state index in [2.05, 4.69) is 0 Å². The molecule has 0 amide bonds. The number of fused-ring (bicyclic) bond motifs is 1. The molecule has 0 saturated heterocycles. The van der Waals surface area contributed by atoms with E-state index < -0.39 is 17.3 Å². The van der Waals surface area contributed by atoms with E-state index in [1.54, 1.807) is 0 Å². The van der Waals surface area contributed by atoms with Crippen molar-refractivity contribution in [2.75, 3.05) is 0 Å². The van der Waals surface area contributed by atoms with Crippen molar-refractivity contribution >= 4 is 11.5 Å². The topological polar surface area (TPSA) is 58.8 Å². The summed E-state index contributed by atoms with van der Waals surface area (Å²) in [6.45, 7) is 0. The van der Waals surface area contributed by atoms with E-state index in [1.165, 1.54) is 12.3 Å². The van der Waals surface area contributed by atoms with Gasteiger partial charge in [-0.3, -0.25) is 9.20 Å². The van der Waals surface area contributed by atoms with Gasteiger partial charge in [-0.15, -0.1) is 0 Å². The van der Waals surface area contributed by atoms with E-state index in [9.17, 15) is 14.0 Å². The predicted molar refractivity (Wildman–Crippen MR) is 50.6 cm³/mol. The molecule has 0 unspecified atom stereocenters. The Labute approximate surface area is 83.2 Å². The lowest BCUT2D eigenvalue weighted by Crippen LogP contribution is -2.16. The standard InChI is InChI=1S/C10H6FNO3/c11-7-2-1-5-12-8(13)4-3-6(9(7)12)10(14)15/h1-5H,(H,14,15). The number of carboxylic acids is 1. The van der Waals surface area contributed by atoms with Crippen LogP contribution in [0, 0.1) is 5.82 Å². The van der Waals surface area contributed by atoms with Crippen LogP contribution in [0.4, 0.5) is 4.39 Å². The fourth-order valence-corrected chi connectivity index (χ4v) is 1.41. The van der Waals surface area contributed by atoms with Crippen molar-refractivity contribution in [1.29, 1.82) is 0 Å². The second-order valence-corrected chi connectivity index (χ2v) is 2.97. The fourth-order valence-electron chi connectivity index (χ4n) is 1.41. The average Bonchev–Trinajstić information content (AvgIpc) is 2.19. The number of rotatable bonds is 1. The van der Waals surface area contributed by atoms with Crippen LogP contribution in [0.1, 0.15) is 10.4 Å². The number of aromatic carboxylic acids is 1. The summed E-state index contributed by atoms with van der Waals surface area (Å²) in [5, 5.41) is 8.82. The number of hydrogen-bond donors (Lipinski definition) is 1. The molecule has 0 aliphatic carbocycles. The Morgan fingerprint density at radius 3 is 2.73 bits per heavy atom. The SMILES string of the molecule is O=C(O)c1ccc(=O)n2cccc(F)c12. The quantitative estimate of drug-likeness (QED) is 0.762. The number of aromatic nitrogens is 1. The lowest BCUT2D eigenvalue weighted by molar-refractivity contribution is 0.0698. The van der Waals surface area contributed by atoms with Crippen molar-refractivity contribution in [3.8, 4) is 0 Å². The van der Waals surface area contributed by atoms with E-state index in [0.29, 0.717) is 0 Å². The summed E-state index contributed by atoms with van der Waals surface area (Å²) in [5.74, 6) is -2.00. The zero-order valence-electron chi connectivity index (χ0n) is 7.48. The zero-order chi connectivity index (χ0) is 11.0. The number of halogens is 1. The highest BCUT2D eigenvalue weighted by Crippen LogP contribution is 2.12. The minimum atomic E-state index is -1.27. The number of carboxylic acid groups (broad SMARTS) is 1. The summed E-state index contributed by atoms with van der Waals surface area (Å²) in [5.41, 5.74) is -0.903. The third-order valence-corrected chi connectivity index (χ3v) is 2.06. The molecule has 0 aliphatic heterocycles. The molecule has 0 aromatic carbocycles. The summed E-state index contributed by atoms with van der Waals surface area (Å²) in [7, 11) is 0. The molecule has 2 aromatic heterocycles. The van der Waals surface area contributed by atoms with E-state index in [1.807, 2.05) is 0 Å². The van der Waals surface area contributed by atoms with Crippen LogP contribution in [0.2, 0.25) is 0 Å². The smallest absolute Gasteiger partial charge is 0.337 e. The van der Waals surface area contributed by atoms with Gasteiger partial charge in [-0.05, 0) is 18.2 Å². The first-order valence-corrected chi connectivity index (χ1v) is 4.14. The molecule has 0 aliphatic rings. The maximum atomic E-state index is 13.4. The van der Waals surface area contributed by atoms with Crippen LogP contribution < -0.4 is 5.56 Å². The Bertz CT molecular complexity index is 603. The van der Waals surface area contributed by atoms with E-state index in [-0.39, 0.29) is 11.1 Å². The molecule has 0 bridgehead atoms. The molecule has 15 heavy (non-hydrogen) atoms. The van der Waals surface area contributed by atoms with Crippen molar-refractivity contribution in [1.82, 2.24) is 4.40 Å². The Hall–Kier alpha value is -2.17. The minimum absolute atomic E-state index is 0.211. The number of hydrogen-bond acceptors (Lipinski definition) is 2. The van der Waals surface area contributed by atoms with Crippen molar-refractivity contribution < 1.29 is 14.3 Å². The molecule has 0 spiro atoms. The molecule has 76 valence electrons. The van der Waals surface area contributed by atoms with Crippen LogP contribution in [-0.2, 0) is 0 Å². The van der Waals surface area contributed by atoms with Gasteiger partial charge in [0.25, 0.3) is 5.56 Å². The van der Waals surface area contributed by atoms with Crippen LogP contribution in [0.25, 0.3) is 5.52 Å². The largest absolute Gasteiger partial charge is 0.478 e. The van der Waals surface area contributed by atoms with Gasteiger partial charge in [-0.2, -0.15) is 0 Å². The molecule has 2 rings (SSSR count). The van der Waals surface area contributed by atoms with Crippen LogP contribution in [0.3, 0.4) is 0 Å². The first-order chi connectivity index (χ1) is 7.11. The maximum Gasteiger partial charge on any atom is 0.337 e. The van der Waals surface area contributed by atoms with Gasteiger partial charge in [0.2, 0.25) is 0 Å². The van der Waals surface area contributed by atoms with Crippen LogP contribution in [0.15, 0.2) is 35.3 Å². The van der Waals surface area contributed by atoms with E-state index in [4.69, 9.17) is 5.11 Å². The predicted octanol–water partition coefficient (Wildman–Crippen LogP) is 1.14. The molecule has 0 atom stereocenters. The molecular weight excluding hydrogens is 201 g/mol. The van der Waals surface area contributed by atoms with Gasteiger partial charge in [0.05, 0.1) is 11.1 Å². The van der Waals surface area contributed by atoms with Gasteiger partial charge in [-0.25, -0.2) is 9.18 Å². The van der Waals surface area contributed by atoms with Crippen LogP contribution in [-0.4, -0.2) is 15.5 Å². The first kappa shape index (κ1) is 9.39. The highest BCUT2D eigenvalue weighted by molar-refractivity contribution is 5.95. The molecule has 0 fully saturated rings. The zero-order valence-corrected chi connectivity index (χ0v) is 7.48. The van der Waals surface area contributed by atoms with Gasteiger partial charge >= 0.3 is 5.97 Å². The molecule has 0 saturated carbocycles. The number of pyridine rings is 2. The monoisotopic (exact) mass is 207 g/mol. The summed E-state index contributed by atoms with van der Waals surface area (Å²) >= 11 is 0. The number of carbonyl (C=O) groups is 1. The lowest BCUT2D eigenvalue weighted by atomic mass is 10.2. The van der Waals surface area contributed by atoms with Crippen molar-refractivity contribution in [2.24, 2.45) is 0 Å². The lowest BCUT2D eigenvalue weighted by Gasteiger charge is -2.04. The minimum Gasteiger partial charge on any atom is -0.478 e. The maximum absolute atomic E-state index is 13.4. The summed E-state index contributed by atoms with van der Waals surface area (Å²) in [6, 6.07) is 4.65. The molecule has 2 aromatic rings. The second kappa shape index (κ2) is 3.20. The van der Waals surface area contributed by atoms with Gasteiger partial charge in [0.1, 0.15) is 5.82 Å². The Kier molecular flexibility index (Phi) is 2.00.